The molecule has 13 rings (SSSR count). The van der Waals surface area contributed by atoms with Gasteiger partial charge in [0.25, 0.3) is 6.71 Å². The summed E-state index contributed by atoms with van der Waals surface area (Å²) in [6.07, 6.45) is 0. The molecule has 2 aliphatic rings. The van der Waals surface area contributed by atoms with E-state index in [1.807, 2.05) is 11.3 Å². The van der Waals surface area contributed by atoms with E-state index in [4.69, 9.17) is 0 Å². The average molecular weight is 947 g/mol. The van der Waals surface area contributed by atoms with Crippen molar-refractivity contribution >= 4 is 110 Å². The van der Waals surface area contributed by atoms with Gasteiger partial charge in [-0.1, -0.05) is 183 Å². The van der Waals surface area contributed by atoms with Gasteiger partial charge in [-0.05, 0) is 167 Å². The van der Waals surface area contributed by atoms with Crippen LogP contribution in [0.1, 0.15) is 83.6 Å². The molecule has 0 N–H and O–H groups in total. The number of thiophene rings is 1. The second kappa shape index (κ2) is 16.3. The van der Waals surface area contributed by atoms with Crippen molar-refractivity contribution in [1.82, 2.24) is 0 Å². The van der Waals surface area contributed by atoms with E-state index < -0.39 is 0 Å². The average Bonchev–Trinajstić information content (AvgIpc) is 3.77. The highest BCUT2D eigenvalue weighted by Crippen LogP contribution is 2.51. The summed E-state index contributed by atoms with van der Waals surface area (Å²) in [5.74, 6) is 0.438. The predicted molar refractivity (Wildman–Crippen MR) is 315 cm³/mol. The molecule has 0 unspecified atom stereocenters. The fraction of sp³-hybridized carbons (Fsp3) is 0.176. The smallest absolute Gasteiger partial charge is 0.264 e. The summed E-state index contributed by atoms with van der Waals surface area (Å²) in [6.45, 7) is 20.9. The summed E-state index contributed by atoms with van der Waals surface area (Å²) in [5.41, 5.74) is 20.2. The molecule has 350 valence electrons. The van der Waals surface area contributed by atoms with Crippen LogP contribution in [0.5, 0.6) is 0 Å². The first kappa shape index (κ1) is 44.5. The van der Waals surface area contributed by atoms with Crippen LogP contribution in [0.15, 0.2) is 188 Å². The first-order valence-corrected chi connectivity index (χ1v) is 26.6. The zero-order valence-corrected chi connectivity index (χ0v) is 43.7. The van der Waals surface area contributed by atoms with Crippen molar-refractivity contribution in [2.45, 2.75) is 79.1 Å². The van der Waals surface area contributed by atoms with Gasteiger partial charge in [0, 0.05) is 43.2 Å². The third kappa shape index (κ3) is 6.90. The minimum Gasteiger partial charge on any atom is -0.311 e. The second-order valence-corrected chi connectivity index (χ2v) is 23.8. The van der Waals surface area contributed by atoms with Gasteiger partial charge < -0.3 is 9.80 Å². The zero-order chi connectivity index (χ0) is 49.4. The Labute approximate surface area is 429 Å². The molecule has 0 amide bonds. The van der Waals surface area contributed by atoms with E-state index in [0.29, 0.717) is 5.92 Å². The van der Waals surface area contributed by atoms with Gasteiger partial charge in [0.05, 0.1) is 11.4 Å². The lowest BCUT2D eigenvalue weighted by atomic mass is 9.36. The SMILES string of the molecule is Cc1cc2c(cc1-c1ccccc1)B1c3sc4ccc(C(C)(C)C)cc4c3N(c3ccc(C(C)C)cc3)c3cccc(c31)N2c1ccc(C(C)(C)C)cc1-c1ccc2c3ccccc3c3ccccc3c2c1. The van der Waals surface area contributed by atoms with E-state index in [1.165, 1.54) is 137 Å². The van der Waals surface area contributed by atoms with Crippen LogP contribution in [0.2, 0.25) is 0 Å². The van der Waals surface area contributed by atoms with Crippen LogP contribution in [0.3, 0.4) is 0 Å². The molecule has 0 aliphatic carbocycles. The molecular weight excluding hydrogens is 888 g/mol. The molecule has 4 heteroatoms. The fourth-order valence-electron chi connectivity index (χ4n) is 12.0. The molecular formula is C68H59BN2S. The van der Waals surface area contributed by atoms with Gasteiger partial charge >= 0.3 is 0 Å². The first-order chi connectivity index (χ1) is 34.7. The van der Waals surface area contributed by atoms with Gasteiger partial charge in [-0.25, -0.2) is 0 Å². The highest BCUT2D eigenvalue weighted by atomic mass is 32.1. The van der Waals surface area contributed by atoms with E-state index in [1.54, 1.807) is 0 Å². The minimum atomic E-state index is -0.0684. The first-order valence-electron chi connectivity index (χ1n) is 25.8. The summed E-state index contributed by atoms with van der Waals surface area (Å²) in [7, 11) is 0. The highest BCUT2D eigenvalue weighted by molar-refractivity contribution is 7.33. The van der Waals surface area contributed by atoms with Crippen LogP contribution in [0, 0.1) is 6.92 Å². The summed E-state index contributed by atoms with van der Waals surface area (Å²) in [6, 6.07) is 72.2. The molecule has 0 bridgehead atoms. The molecule has 3 heterocycles. The number of anilines is 6. The fourth-order valence-corrected chi connectivity index (χ4v) is 13.3. The van der Waals surface area contributed by atoms with Crippen LogP contribution in [-0.4, -0.2) is 6.71 Å². The molecule has 0 fully saturated rings. The van der Waals surface area contributed by atoms with Crippen molar-refractivity contribution in [2.75, 3.05) is 9.80 Å². The molecule has 2 aliphatic heterocycles. The maximum Gasteiger partial charge on any atom is 0.264 e. The molecule has 0 saturated carbocycles. The lowest BCUT2D eigenvalue weighted by Gasteiger charge is -2.44. The number of fused-ring (bicyclic) bond motifs is 12. The number of rotatable bonds is 5. The Morgan fingerprint density at radius 2 is 1.04 bits per heavy atom. The largest absolute Gasteiger partial charge is 0.311 e. The number of benzene rings is 10. The van der Waals surface area contributed by atoms with Gasteiger partial charge in [-0.3, -0.25) is 0 Å². The van der Waals surface area contributed by atoms with Crippen molar-refractivity contribution in [3.8, 4) is 22.3 Å². The molecule has 0 spiro atoms. The van der Waals surface area contributed by atoms with Gasteiger partial charge in [0.2, 0.25) is 0 Å². The monoisotopic (exact) mass is 946 g/mol. The Bertz CT molecular complexity index is 3960. The molecule has 0 radical (unpaired) electrons. The second-order valence-electron chi connectivity index (χ2n) is 22.8. The summed E-state index contributed by atoms with van der Waals surface area (Å²) >= 11 is 1.98. The summed E-state index contributed by atoms with van der Waals surface area (Å²) in [4.78, 5) is 5.24. The zero-order valence-electron chi connectivity index (χ0n) is 42.9. The van der Waals surface area contributed by atoms with Crippen molar-refractivity contribution in [3.05, 3.63) is 210 Å². The van der Waals surface area contributed by atoms with Crippen LogP contribution >= 0.6 is 11.3 Å². The molecule has 0 saturated heterocycles. The third-order valence-corrected chi connectivity index (χ3v) is 17.1. The lowest BCUT2D eigenvalue weighted by Crippen LogP contribution is -2.60. The van der Waals surface area contributed by atoms with Crippen molar-refractivity contribution in [2.24, 2.45) is 0 Å². The van der Waals surface area contributed by atoms with Crippen molar-refractivity contribution in [3.63, 3.8) is 0 Å². The van der Waals surface area contributed by atoms with E-state index in [9.17, 15) is 0 Å². The van der Waals surface area contributed by atoms with Crippen LogP contribution < -0.4 is 25.5 Å². The third-order valence-electron chi connectivity index (χ3n) is 15.9. The van der Waals surface area contributed by atoms with Gasteiger partial charge in [0.15, 0.2) is 0 Å². The summed E-state index contributed by atoms with van der Waals surface area (Å²) < 4.78 is 2.71. The van der Waals surface area contributed by atoms with E-state index in [2.05, 4.69) is 260 Å². The van der Waals surface area contributed by atoms with Gasteiger partial charge in [-0.15, -0.1) is 11.3 Å². The summed E-state index contributed by atoms with van der Waals surface area (Å²) in [5, 5.41) is 9.03. The Morgan fingerprint density at radius 1 is 0.444 bits per heavy atom. The number of nitrogens with zero attached hydrogens (tertiary/aromatic N) is 2. The lowest BCUT2D eigenvalue weighted by molar-refractivity contribution is 0.590. The van der Waals surface area contributed by atoms with E-state index in [0.717, 1.165) is 0 Å². The highest BCUT2D eigenvalue weighted by Gasteiger charge is 2.46. The topological polar surface area (TPSA) is 6.48 Å². The van der Waals surface area contributed by atoms with Crippen molar-refractivity contribution in [1.29, 1.82) is 0 Å². The Balaban J connectivity index is 1.13. The molecule has 0 atom stereocenters. The van der Waals surface area contributed by atoms with Gasteiger partial charge in [0.1, 0.15) is 0 Å². The molecule has 1 aromatic heterocycles. The normalized spacial score (nSPS) is 13.4. The number of hydrogen-bond acceptors (Lipinski definition) is 3. The molecule has 2 nitrogen and oxygen atoms in total. The maximum absolute atomic E-state index is 2.63. The number of aryl methyl sites for hydroxylation is 1. The standard InChI is InChI=1S/C68H59BN2S/c1-41(2)43-26-31-48(32-27-43)70-60-24-17-25-61-64(60)69(66-65(70)57-39-47(68(7,8)9)30-35-63(57)72-66)58-40-54(44-18-11-10-12-19-44)42(3)36-62(58)71(61)59-34-29-46(67(4,5)6)38-55(59)45-28-33-53-51-22-14-13-20-49(51)50-21-15-16-23-52(50)56(53)37-45/h10-41H,1-9H3. The maximum atomic E-state index is 2.63. The van der Waals surface area contributed by atoms with Crippen LogP contribution in [0.25, 0.3) is 64.7 Å². The predicted octanol–water partition coefficient (Wildman–Crippen LogP) is 17.8. The van der Waals surface area contributed by atoms with Gasteiger partial charge in [-0.2, -0.15) is 0 Å². The Hall–Kier alpha value is -7.40. The molecule has 10 aromatic carbocycles. The molecule has 72 heavy (non-hydrogen) atoms. The quantitative estimate of drug-likeness (QED) is 0.125. The Kier molecular flexibility index (Phi) is 10.1. The van der Waals surface area contributed by atoms with Crippen LogP contribution in [0.4, 0.5) is 34.1 Å². The van der Waals surface area contributed by atoms with E-state index in [-0.39, 0.29) is 17.5 Å². The number of hydrogen-bond donors (Lipinski definition) is 0. The van der Waals surface area contributed by atoms with Crippen molar-refractivity contribution < 1.29 is 0 Å². The molecule has 11 aromatic rings. The Morgan fingerprint density at radius 3 is 1.69 bits per heavy atom. The minimum absolute atomic E-state index is 0.000186. The van der Waals surface area contributed by atoms with Crippen LogP contribution in [-0.2, 0) is 10.8 Å². The van der Waals surface area contributed by atoms with E-state index >= 15 is 0 Å².